The van der Waals surface area contributed by atoms with E-state index < -0.39 is 11.7 Å². The molecule has 4 heteroatoms. The highest BCUT2D eigenvalue weighted by atomic mass is 16.6. The lowest BCUT2D eigenvalue weighted by Gasteiger charge is -2.19. The van der Waals surface area contributed by atoms with Crippen molar-refractivity contribution in [2.45, 2.75) is 46.1 Å². The van der Waals surface area contributed by atoms with Crippen molar-refractivity contribution in [3.63, 3.8) is 0 Å². The van der Waals surface area contributed by atoms with Crippen LogP contribution < -0.4 is 11.1 Å². The van der Waals surface area contributed by atoms with Crippen LogP contribution in [0.25, 0.3) is 0 Å². The summed E-state index contributed by atoms with van der Waals surface area (Å²) in [4.78, 5) is 11.7. The van der Waals surface area contributed by atoms with Crippen LogP contribution in [0.2, 0.25) is 0 Å². The highest BCUT2D eigenvalue weighted by molar-refractivity contribution is 5.84. The molecule has 2 rings (SSSR count). The smallest absolute Gasteiger partial charge is 0.412 e. The largest absolute Gasteiger partial charge is 0.444 e. The molecule has 1 aromatic rings. The second-order valence-electron chi connectivity index (χ2n) is 7.39. The Hall–Kier alpha value is -1.55. The van der Waals surface area contributed by atoms with Gasteiger partial charge in [0, 0.05) is 5.69 Å². The number of anilines is 1. The number of amides is 1. The zero-order valence-corrected chi connectivity index (χ0v) is 13.6. The molecular weight excluding hydrogens is 264 g/mol. The van der Waals surface area contributed by atoms with Gasteiger partial charge in [-0.3, -0.25) is 5.32 Å². The monoisotopic (exact) mass is 290 g/mol. The summed E-state index contributed by atoms with van der Waals surface area (Å²) in [6.07, 6.45) is -0.429. The van der Waals surface area contributed by atoms with Gasteiger partial charge in [-0.1, -0.05) is 26.0 Å². The summed E-state index contributed by atoms with van der Waals surface area (Å²) >= 11 is 0. The molecule has 4 nitrogen and oxygen atoms in total. The molecule has 1 amide bonds. The van der Waals surface area contributed by atoms with Crippen LogP contribution in [0, 0.1) is 11.3 Å². The molecule has 3 N–H and O–H groups in total. The number of benzene rings is 1. The Bertz CT molecular complexity index is 515. The zero-order chi connectivity index (χ0) is 15.8. The summed E-state index contributed by atoms with van der Waals surface area (Å²) in [5.74, 6) is 1.06. The maximum atomic E-state index is 11.7. The van der Waals surface area contributed by atoms with E-state index in [1.54, 1.807) is 0 Å². The van der Waals surface area contributed by atoms with E-state index in [0.29, 0.717) is 11.8 Å². The molecule has 21 heavy (non-hydrogen) atoms. The highest BCUT2D eigenvalue weighted by Crippen LogP contribution is 2.63. The van der Waals surface area contributed by atoms with E-state index in [-0.39, 0.29) is 5.41 Å². The van der Waals surface area contributed by atoms with Crippen molar-refractivity contribution in [2.75, 3.05) is 11.9 Å². The third-order valence-corrected chi connectivity index (χ3v) is 4.22. The number of hydrogen-bond donors (Lipinski definition) is 2. The number of carbonyl (C=O) groups is 1. The SMILES string of the molecule is CC(C)(C)OC(=O)Nc1ccc([C@H]2[C@H](CN)C2(C)C)cc1. The molecule has 0 aliphatic heterocycles. The predicted octanol–water partition coefficient (Wildman–Crippen LogP) is 3.73. The maximum Gasteiger partial charge on any atom is 0.412 e. The predicted molar refractivity (Wildman–Crippen MR) is 85.4 cm³/mol. The number of nitrogens with two attached hydrogens (primary N) is 1. The van der Waals surface area contributed by atoms with Gasteiger partial charge < -0.3 is 10.5 Å². The summed E-state index contributed by atoms with van der Waals surface area (Å²) in [6, 6.07) is 7.96. The Morgan fingerprint density at radius 2 is 1.86 bits per heavy atom. The Labute approximate surface area is 127 Å². The van der Waals surface area contributed by atoms with Gasteiger partial charge in [0.25, 0.3) is 0 Å². The van der Waals surface area contributed by atoms with Gasteiger partial charge in [0.05, 0.1) is 0 Å². The Morgan fingerprint density at radius 1 is 1.29 bits per heavy atom. The van der Waals surface area contributed by atoms with Crippen molar-refractivity contribution in [1.29, 1.82) is 0 Å². The van der Waals surface area contributed by atoms with E-state index in [4.69, 9.17) is 10.5 Å². The van der Waals surface area contributed by atoms with Gasteiger partial charge in [0.15, 0.2) is 0 Å². The van der Waals surface area contributed by atoms with Crippen LogP contribution in [-0.4, -0.2) is 18.2 Å². The number of nitrogens with one attached hydrogen (secondary N) is 1. The topological polar surface area (TPSA) is 64.3 Å². The van der Waals surface area contributed by atoms with Gasteiger partial charge >= 0.3 is 6.09 Å². The van der Waals surface area contributed by atoms with Crippen LogP contribution >= 0.6 is 0 Å². The van der Waals surface area contributed by atoms with Crippen molar-refractivity contribution in [2.24, 2.45) is 17.1 Å². The van der Waals surface area contributed by atoms with E-state index in [1.807, 2.05) is 32.9 Å². The second-order valence-corrected chi connectivity index (χ2v) is 7.39. The first-order valence-electron chi connectivity index (χ1n) is 7.45. The molecule has 1 fully saturated rings. The molecule has 116 valence electrons. The second kappa shape index (κ2) is 5.34. The average molecular weight is 290 g/mol. The zero-order valence-electron chi connectivity index (χ0n) is 13.6. The van der Waals surface area contributed by atoms with Crippen LogP contribution in [0.3, 0.4) is 0 Å². The van der Waals surface area contributed by atoms with Crippen molar-refractivity contribution < 1.29 is 9.53 Å². The van der Waals surface area contributed by atoms with Crippen molar-refractivity contribution in [3.05, 3.63) is 29.8 Å². The molecule has 0 radical (unpaired) electrons. The highest BCUT2D eigenvalue weighted by Gasteiger charge is 2.57. The molecule has 2 atom stereocenters. The number of hydrogen-bond acceptors (Lipinski definition) is 3. The first-order valence-corrected chi connectivity index (χ1v) is 7.45. The lowest BCUT2D eigenvalue weighted by molar-refractivity contribution is 0.0636. The van der Waals surface area contributed by atoms with E-state index in [9.17, 15) is 4.79 Å². The first-order chi connectivity index (χ1) is 9.65. The number of ether oxygens (including phenoxy) is 1. The van der Waals surface area contributed by atoms with Crippen LogP contribution in [0.15, 0.2) is 24.3 Å². The normalized spacial score (nSPS) is 23.5. The molecule has 1 saturated carbocycles. The van der Waals surface area contributed by atoms with Crippen molar-refractivity contribution >= 4 is 11.8 Å². The Balaban J connectivity index is 1.99. The van der Waals surface area contributed by atoms with Gasteiger partial charge in [-0.05, 0) is 62.3 Å². The Kier molecular flexibility index (Phi) is 4.02. The third-order valence-electron chi connectivity index (χ3n) is 4.22. The standard InChI is InChI=1S/C17H26N2O2/c1-16(2,3)21-15(20)19-12-8-6-11(7-9-12)14-13(10-18)17(14,4)5/h6-9,13-14H,10,18H2,1-5H3,(H,19,20)/t13-,14-/m0/s1. The summed E-state index contributed by atoms with van der Waals surface area (Å²) < 4.78 is 5.23. The minimum atomic E-state index is -0.490. The summed E-state index contributed by atoms with van der Waals surface area (Å²) in [5.41, 5.74) is 7.63. The lowest BCUT2D eigenvalue weighted by atomic mass is 10.0. The molecule has 1 aliphatic rings. The van der Waals surface area contributed by atoms with E-state index in [0.717, 1.165) is 12.2 Å². The quantitative estimate of drug-likeness (QED) is 0.891. The molecule has 0 bridgehead atoms. The molecular formula is C17H26N2O2. The van der Waals surface area contributed by atoms with E-state index >= 15 is 0 Å². The summed E-state index contributed by atoms with van der Waals surface area (Å²) in [6.45, 7) is 10.8. The first kappa shape index (κ1) is 15.8. The van der Waals surface area contributed by atoms with Gasteiger partial charge in [0.2, 0.25) is 0 Å². The van der Waals surface area contributed by atoms with Crippen molar-refractivity contribution in [1.82, 2.24) is 0 Å². The Morgan fingerprint density at radius 3 is 2.29 bits per heavy atom. The fourth-order valence-corrected chi connectivity index (χ4v) is 3.04. The van der Waals surface area contributed by atoms with Crippen LogP contribution in [0.4, 0.5) is 10.5 Å². The minimum Gasteiger partial charge on any atom is -0.444 e. The molecule has 0 unspecified atom stereocenters. The van der Waals surface area contributed by atoms with Crippen LogP contribution in [0.1, 0.15) is 46.1 Å². The number of carbonyl (C=O) groups excluding carboxylic acids is 1. The summed E-state index contributed by atoms with van der Waals surface area (Å²) in [7, 11) is 0. The molecule has 1 aromatic carbocycles. The third kappa shape index (κ3) is 3.56. The van der Waals surface area contributed by atoms with Gasteiger partial charge in [-0.25, -0.2) is 4.79 Å². The minimum absolute atomic E-state index is 0.273. The fourth-order valence-electron chi connectivity index (χ4n) is 3.04. The fraction of sp³-hybridized carbons (Fsp3) is 0.588. The summed E-state index contributed by atoms with van der Waals surface area (Å²) in [5, 5.41) is 2.75. The molecule has 1 aliphatic carbocycles. The van der Waals surface area contributed by atoms with Gasteiger partial charge in [-0.2, -0.15) is 0 Å². The van der Waals surface area contributed by atoms with Crippen LogP contribution in [-0.2, 0) is 4.74 Å². The number of rotatable bonds is 3. The molecule has 0 aromatic heterocycles. The van der Waals surface area contributed by atoms with Gasteiger partial charge in [-0.15, -0.1) is 0 Å². The van der Waals surface area contributed by atoms with Crippen molar-refractivity contribution in [3.8, 4) is 0 Å². The average Bonchev–Trinajstić information content (AvgIpc) is 2.89. The molecule has 0 spiro atoms. The van der Waals surface area contributed by atoms with E-state index in [2.05, 4.69) is 31.3 Å². The van der Waals surface area contributed by atoms with Gasteiger partial charge in [0.1, 0.15) is 5.60 Å². The molecule has 0 heterocycles. The van der Waals surface area contributed by atoms with Crippen LogP contribution in [0.5, 0.6) is 0 Å². The maximum absolute atomic E-state index is 11.7. The van der Waals surface area contributed by atoms with E-state index in [1.165, 1.54) is 5.56 Å². The molecule has 0 saturated heterocycles. The lowest BCUT2D eigenvalue weighted by Crippen LogP contribution is -2.27.